The lowest BCUT2D eigenvalue weighted by Gasteiger charge is -2.34. The summed E-state index contributed by atoms with van der Waals surface area (Å²) in [4.78, 5) is 32.8. The third-order valence-electron chi connectivity index (χ3n) is 4.44. The lowest BCUT2D eigenvalue weighted by molar-refractivity contribution is -0.133. The van der Waals surface area contributed by atoms with Gasteiger partial charge >= 0.3 is 11.8 Å². The lowest BCUT2D eigenvalue weighted by Crippen LogP contribution is -2.44. The Bertz CT molecular complexity index is 783. The van der Waals surface area contributed by atoms with E-state index in [0.29, 0.717) is 11.5 Å². The maximum absolute atomic E-state index is 12.1. The Morgan fingerprint density at radius 3 is 2.27 bits per heavy atom. The van der Waals surface area contributed by atoms with Crippen LogP contribution in [0.2, 0.25) is 0 Å². The summed E-state index contributed by atoms with van der Waals surface area (Å²) in [6.07, 6.45) is 1.57. The van der Waals surface area contributed by atoms with E-state index in [1.54, 1.807) is 12.3 Å². The van der Waals surface area contributed by atoms with Crippen LogP contribution in [0.4, 0.5) is 17.2 Å². The SMILES string of the molecule is Cc1cccnc1NC(=O)C(=O)Nc1ccc(N2CCN(C)CC2)cc1. The van der Waals surface area contributed by atoms with E-state index in [2.05, 4.69) is 32.5 Å². The number of nitrogens with one attached hydrogen (secondary N) is 2. The zero-order valence-corrected chi connectivity index (χ0v) is 15.0. The third-order valence-corrected chi connectivity index (χ3v) is 4.44. The molecular weight excluding hydrogens is 330 g/mol. The second-order valence-corrected chi connectivity index (χ2v) is 6.41. The van der Waals surface area contributed by atoms with E-state index in [9.17, 15) is 9.59 Å². The van der Waals surface area contributed by atoms with Crippen LogP contribution in [0, 0.1) is 6.92 Å². The monoisotopic (exact) mass is 353 g/mol. The van der Waals surface area contributed by atoms with E-state index in [-0.39, 0.29) is 0 Å². The molecule has 1 aromatic carbocycles. The van der Waals surface area contributed by atoms with Crippen molar-refractivity contribution in [3.05, 3.63) is 48.2 Å². The van der Waals surface area contributed by atoms with Gasteiger partial charge in [0, 0.05) is 43.8 Å². The highest BCUT2D eigenvalue weighted by atomic mass is 16.2. The standard InChI is InChI=1S/C19H23N5O2/c1-14-4-3-9-20-17(14)22-19(26)18(25)21-15-5-7-16(8-6-15)24-12-10-23(2)11-13-24/h3-9H,10-13H2,1-2H3,(H,21,25)(H,20,22,26). The number of carbonyl (C=O) groups is 2. The molecule has 1 aliphatic heterocycles. The molecule has 1 aliphatic rings. The molecule has 0 aliphatic carbocycles. The van der Waals surface area contributed by atoms with Gasteiger partial charge in [-0.15, -0.1) is 0 Å². The van der Waals surface area contributed by atoms with Gasteiger partial charge in [0.2, 0.25) is 0 Å². The molecule has 0 unspecified atom stereocenters. The number of aromatic nitrogens is 1. The number of rotatable bonds is 3. The second-order valence-electron chi connectivity index (χ2n) is 6.41. The lowest BCUT2D eigenvalue weighted by atomic mass is 10.2. The van der Waals surface area contributed by atoms with E-state index >= 15 is 0 Å². The fourth-order valence-electron chi connectivity index (χ4n) is 2.79. The van der Waals surface area contributed by atoms with Crippen molar-refractivity contribution in [2.75, 3.05) is 48.8 Å². The number of piperazine rings is 1. The Labute approximate surface area is 153 Å². The highest BCUT2D eigenvalue weighted by Gasteiger charge is 2.17. The van der Waals surface area contributed by atoms with Crippen molar-refractivity contribution in [2.24, 2.45) is 0 Å². The van der Waals surface area contributed by atoms with Crippen LogP contribution >= 0.6 is 0 Å². The summed E-state index contributed by atoms with van der Waals surface area (Å²) >= 11 is 0. The fourth-order valence-corrected chi connectivity index (χ4v) is 2.79. The fraction of sp³-hybridized carbons (Fsp3) is 0.316. The first-order chi connectivity index (χ1) is 12.5. The van der Waals surface area contributed by atoms with E-state index in [1.807, 2.05) is 37.3 Å². The van der Waals surface area contributed by atoms with E-state index in [0.717, 1.165) is 37.4 Å². The highest BCUT2D eigenvalue weighted by Crippen LogP contribution is 2.19. The molecule has 136 valence electrons. The van der Waals surface area contributed by atoms with Gasteiger partial charge in [0.05, 0.1) is 0 Å². The molecule has 0 saturated carbocycles. The van der Waals surface area contributed by atoms with Crippen molar-refractivity contribution >= 4 is 29.0 Å². The molecule has 0 spiro atoms. The highest BCUT2D eigenvalue weighted by molar-refractivity contribution is 6.43. The van der Waals surface area contributed by atoms with Crippen molar-refractivity contribution in [1.82, 2.24) is 9.88 Å². The number of carbonyl (C=O) groups excluding carboxylic acids is 2. The van der Waals surface area contributed by atoms with Gasteiger partial charge in [0.15, 0.2) is 0 Å². The van der Waals surface area contributed by atoms with Crippen LogP contribution in [0.3, 0.4) is 0 Å². The summed E-state index contributed by atoms with van der Waals surface area (Å²) in [5.74, 6) is -1.07. The predicted octanol–water partition coefficient (Wildman–Crippen LogP) is 1.72. The summed E-state index contributed by atoms with van der Waals surface area (Å²) < 4.78 is 0. The number of likely N-dealkylation sites (N-methyl/N-ethyl adjacent to an activating group) is 1. The van der Waals surface area contributed by atoms with Gasteiger partial charge in [-0.25, -0.2) is 4.98 Å². The minimum Gasteiger partial charge on any atom is -0.369 e. The number of benzene rings is 1. The Morgan fingerprint density at radius 2 is 1.62 bits per heavy atom. The number of nitrogens with zero attached hydrogens (tertiary/aromatic N) is 3. The quantitative estimate of drug-likeness (QED) is 0.822. The topological polar surface area (TPSA) is 77.6 Å². The van der Waals surface area contributed by atoms with Gasteiger partial charge in [0.25, 0.3) is 0 Å². The Hall–Kier alpha value is -2.93. The third kappa shape index (κ3) is 4.37. The van der Waals surface area contributed by atoms with Crippen LogP contribution < -0.4 is 15.5 Å². The van der Waals surface area contributed by atoms with Gasteiger partial charge in [-0.2, -0.15) is 0 Å². The molecular formula is C19H23N5O2. The van der Waals surface area contributed by atoms with Crippen LogP contribution in [0.5, 0.6) is 0 Å². The average molecular weight is 353 g/mol. The number of anilines is 3. The van der Waals surface area contributed by atoms with Crippen molar-refractivity contribution in [2.45, 2.75) is 6.92 Å². The molecule has 1 saturated heterocycles. The molecule has 1 fully saturated rings. The van der Waals surface area contributed by atoms with E-state index < -0.39 is 11.8 Å². The van der Waals surface area contributed by atoms with Crippen LogP contribution in [0.1, 0.15) is 5.56 Å². The maximum atomic E-state index is 12.1. The van der Waals surface area contributed by atoms with E-state index in [4.69, 9.17) is 0 Å². The average Bonchev–Trinajstić information content (AvgIpc) is 2.65. The van der Waals surface area contributed by atoms with Gasteiger partial charge in [-0.3, -0.25) is 9.59 Å². The predicted molar refractivity (Wildman–Crippen MR) is 102 cm³/mol. The first kappa shape index (κ1) is 17.9. The molecule has 0 radical (unpaired) electrons. The zero-order chi connectivity index (χ0) is 18.5. The number of hydrogen-bond acceptors (Lipinski definition) is 5. The molecule has 2 aromatic rings. The molecule has 3 rings (SSSR count). The Morgan fingerprint density at radius 1 is 0.962 bits per heavy atom. The number of aryl methyl sites for hydroxylation is 1. The van der Waals surface area contributed by atoms with Gasteiger partial charge in [0.1, 0.15) is 5.82 Å². The maximum Gasteiger partial charge on any atom is 0.315 e. The molecule has 0 bridgehead atoms. The molecule has 0 atom stereocenters. The summed E-state index contributed by atoms with van der Waals surface area (Å²) in [7, 11) is 2.12. The zero-order valence-electron chi connectivity index (χ0n) is 15.0. The summed E-state index contributed by atoms with van der Waals surface area (Å²) in [6, 6.07) is 11.1. The van der Waals surface area contributed by atoms with Crippen LogP contribution in [-0.2, 0) is 9.59 Å². The molecule has 2 N–H and O–H groups in total. The van der Waals surface area contributed by atoms with Crippen LogP contribution in [0.15, 0.2) is 42.6 Å². The van der Waals surface area contributed by atoms with E-state index in [1.165, 1.54) is 0 Å². The molecule has 1 aromatic heterocycles. The van der Waals surface area contributed by atoms with Crippen LogP contribution in [-0.4, -0.2) is 54.9 Å². The molecule has 2 amide bonds. The van der Waals surface area contributed by atoms with Gasteiger partial charge in [-0.1, -0.05) is 6.07 Å². The van der Waals surface area contributed by atoms with Crippen molar-refractivity contribution in [3.63, 3.8) is 0 Å². The van der Waals surface area contributed by atoms with Gasteiger partial charge in [-0.05, 0) is 49.9 Å². The van der Waals surface area contributed by atoms with Crippen molar-refractivity contribution in [1.29, 1.82) is 0 Å². The molecule has 2 heterocycles. The molecule has 7 nitrogen and oxygen atoms in total. The normalized spacial score (nSPS) is 14.8. The first-order valence-corrected chi connectivity index (χ1v) is 8.60. The number of hydrogen-bond donors (Lipinski definition) is 2. The van der Waals surface area contributed by atoms with Gasteiger partial charge < -0.3 is 20.4 Å². The minimum absolute atomic E-state index is 0.387. The minimum atomic E-state index is -0.741. The van der Waals surface area contributed by atoms with Crippen LogP contribution in [0.25, 0.3) is 0 Å². The summed E-state index contributed by atoms with van der Waals surface area (Å²) in [5.41, 5.74) is 2.50. The number of amides is 2. The summed E-state index contributed by atoms with van der Waals surface area (Å²) in [6.45, 7) is 5.84. The first-order valence-electron chi connectivity index (χ1n) is 8.60. The second kappa shape index (κ2) is 7.97. The summed E-state index contributed by atoms with van der Waals surface area (Å²) in [5, 5.41) is 5.14. The molecule has 26 heavy (non-hydrogen) atoms. The van der Waals surface area contributed by atoms with Crippen molar-refractivity contribution < 1.29 is 9.59 Å². The smallest absolute Gasteiger partial charge is 0.315 e. The number of pyridine rings is 1. The Balaban J connectivity index is 1.57. The van der Waals surface area contributed by atoms with Crippen molar-refractivity contribution in [3.8, 4) is 0 Å². The Kier molecular flexibility index (Phi) is 5.48. The molecule has 7 heteroatoms. The largest absolute Gasteiger partial charge is 0.369 e.